The Morgan fingerprint density at radius 2 is 2.06 bits per heavy atom. The van der Waals surface area contributed by atoms with Gasteiger partial charge in [0.15, 0.2) is 5.82 Å². The Kier molecular flexibility index (Phi) is 6.11. The van der Waals surface area contributed by atoms with E-state index in [1.54, 1.807) is 0 Å². The van der Waals surface area contributed by atoms with Crippen molar-refractivity contribution in [1.29, 1.82) is 0 Å². The van der Waals surface area contributed by atoms with Crippen molar-refractivity contribution in [3.8, 4) is 0 Å². The highest BCUT2D eigenvalue weighted by Gasteiger charge is 2.14. The van der Waals surface area contributed by atoms with E-state index in [1.165, 1.54) is 6.42 Å². The molecule has 5 heteroatoms. The molecule has 0 saturated heterocycles. The number of hydrogen-bond donors (Lipinski definition) is 1. The molecular formula is C12H25N5. The maximum Gasteiger partial charge on any atom is 0.165 e. The third kappa shape index (κ3) is 4.42. The van der Waals surface area contributed by atoms with Gasteiger partial charge in [-0.15, -0.1) is 5.10 Å². The van der Waals surface area contributed by atoms with Gasteiger partial charge < -0.3 is 5.32 Å². The first-order chi connectivity index (χ1) is 8.19. The molecule has 0 bridgehead atoms. The fourth-order valence-electron chi connectivity index (χ4n) is 1.90. The van der Waals surface area contributed by atoms with E-state index in [9.17, 15) is 0 Å². The zero-order chi connectivity index (χ0) is 12.7. The van der Waals surface area contributed by atoms with Crippen molar-refractivity contribution < 1.29 is 0 Å². The van der Waals surface area contributed by atoms with Gasteiger partial charge in [-0.3, -0.25) is 0 Å². The summed E-state index contributed by atoms with van der Waals surface area (Å²) in [5, 5.41) is 15.3. The largest absolute Gasteiger partial charge is 0.310 e. The molecule has 2 unspecified atom stereocenters. The summed E-state index contributed by atoms with van der Waals surface area (Å²) in [5.74, 6) is 1.65. The fourth-order valence-corrected chi connectivity index (χ4v) is 1.90. The summed E-state index contributed by atoms with van der Waals surface area (Å²) in [6.45, 7) is 10.6. The van der Waals surface area contributed by atoms with Crippen LogP contribution in [-0.4, -0.2) is 26.8 Å². The van der Waals surface area contributed by atoms with Crippen LogP contribution in [0.2, 0.25) is 0 Å². The third-order valence-electron chi connectivity index (χ3n) is 3.13. The molecule has 1 N–H and O–H groups in total. The van der Waals surface area contributed by atoms with Crippen LogP contribution in [0.5, 0.6) is 0 Å². The number of hydrogen-bond acceptors (Lipinski definition) is 4. The Hall–Kier alpha value is -0.970. The second-order valence-corrected chi connectivity index (χ2v) is 4.81. The smallest absolute Gasteiger partial charge is 0.165 e. The molecule has 0 amide bonds. The van der Waals surface area contributed by atoms with E-state index >= 15 is 0 Å². The Bertz CT molecular complexity index is 310. The lowest BCUT2D eigenvalue weighted by atomic mass is 10.0. The van der Waals surface area contributed by atoms with Gasteiger partial charge in [-0.05, 0) is 42.7 Å². The first-order valence-corrected chi connectivity index (χ1v) is 6.66. The SMILES string of the molecule is CCCNCc1nnnn1C(C)CC(C)CC. The van der Waals surface area contributed by atoms with Crippen molar-refractivity contribution in [1.82, 2.24) is 25.5 Å². The molecule has 5 nitrogen and oxygen atoms in total. The highest BCUT2D eigenvalue weighted by molar-refractivity contribution is 4.83. The molecule has 98 valence electrons. The fraction of sp³-hybridized carbons (Fsp3) is 0.917. The highest BCUT2D eigenvalue weighted by atomic mass is 15.6. The standard InChI is InChI=1S/C12H25N5/c1-5-7-13-9-12-14-15-16-17(12)11(4)8-10(3)6-2/h10-11,13H,5-9H2,1-4H3. The third-order valence-corrected chi connectivity index (χ3v) is 3.13. The van der Waals surface area contributed by atoms with Gasteiger partial charge in [0.1, 0.15) is 0 Å². The molecule has 17 heavy (non-hydrogen) atoms. The number of nitrogens with zero attached hydrogens (tertiary/aromatic N) is 4. The van der Waals surface area contributed by atoms with Crippen molar-refractivity contribution in [2.45, 2.75) is 59.5 Å². The second kappa shape index (κ2) is 7.37. The molecule has 0 aliphatic rings. The molecule has 1 aromatic rings. The van der Waals surface area contributed by atoms with E-state index in [-0.39, 0.29) is 0 Å². The Labute approximate surface area is 104 Å². The zero-order valence-electron chi connectivity index (χ0n) is 11.5. The summed E-state index contributed by atoms with van der Waals surface area (Å²) in [4.78, 5) is 0. The molecular weight excluding hydrogens is 214 g/mol. The number of rotatable bonds is 8. The normalized spacial score (nSPS) is 14.8. The average Bonchev–Trinajstić information content (AvgIpc) is 2.77. The maximum absolute atomic E-state index is 4.10. The topological polar surface area (TPSA) is 55.6 Å². The van der Waals surface area contributed by atoms with Crippen LogP contribution >= 0.6 is 0 Å². The van der Waals surface area contributed by atoms with E-state index < -0.39 is 0 Å². The molecule has 1 aromatic heterocycles. The minimum absolute atomic E-state index is 0.373. The first kappa shape index (κ1) is 14.1. The summed E-state index contributed by atoms with van der Waals surface area (Å²) < 4.78 is 1.95. The Morgan fingerprint density at radius 3 is 2.71 bits per heavy atom. The molecule has 0 aliphatic heterocycles. The Balaban J connectivity index is 2.54. The van der Waals surface area contributed by atoms with E-state index in [0.29, 0.717) is 12.0 Å². The summed E-state index contributed by atoms with van der Waals surface area (Å²) in [7, 11) is 0. The molecule has 0 radical (unpaired) electrons. The van der Waals surface area contributed by atoms with Gasteiger partial charge in [0.25, 0.3) is 0 Å². The predicted molar refractivity (Wildman–Crippen MR) is 68.6 cm³/mol. The van der Waals surface area contributed by atoms with Gasteiger partial charge >= 0.3 is 0 Å². The van der Waals surface area contributed by atoms with Crippen LogP contribution in [0.3, 0.4) is 0 Å². The maximum atomic E-state index is 4.10. The quantitative estimate of drug-likeness (QED) is 0.706. The number of tetrazole rings is 1. The monoisotopic (exact) mass is 239 g/mol. The minimum Gasteiger partial charge on any atom is -0.310 e. The predicted octanol–water partition coefficient (Wildman–Crippen LogP) is 2.17. The molecule has 0 fully saturated rings. The average molecular weight is 239 g/mol. The summed E-state index contributed by atoms with van der Waals surface area (Å²) in [6.07, 6.45) is 3.46. The van der Waals surface area contributed by atoms with Crippen molar-refractivity contribution in [3.63, 3.8) is 0 Å². The summed E-state index contributed by atoms with van der Waals surface area (Å²) >= 11 is 0. The zero-order valence-corrected chi connectivity index (χ0v) is 11.5. The van der Waals surface area contributed by atoms with Gasteiger partial charge in [0, 0.05) is 0 Å². The van der Waals surface area contributed by atoms with Gasteiger partial charge in [0.05, 0.1) is 12.6 Å². The molecule has 0 aromatic carbocycles. The summed E-state index contributed by atoms with van der Waals surface area (Å²) in [6, 6.07) is 0.373. The van der Waals surface area contributed by atoms with E-state index in [2.05, 4.69) is 48.5 Å². The molecule has 0 spiro atoms. The van der Waals surface area contributed by atoms with Gasteiger partial charge in [-0.25, -0.2) is 4.68 Å². The van der Waals surface area contributed by atoms with Crippen LogP contribution in [0, 0.1) is 5.92 Å². The van der Waals surface area contributed by atoms with Crippen molar-refractivity contribution in [3.05, 3.63) is 5.82 Å². The first-order valence-electron chi connectivity index (χ1n) is 6.66. The molecule has 2 atom stereocenters. The van der Waals surface area contributed by atoms with Crippen LogP contribution in [0.25, 0.3) is 0 Å². The lowest BCUT2D eigenvalue weighted by Crippen LogP contribution is -2.20. The van der Waals surface area contributed by atoms with E-state index in [4.69, 9.17) is 0 Å². The van der Waals surface area contributed by atoms with E-state index in [0.717, 1.165) is 31.8 Å². The van der Waals surface area contributed by atoms with Gasteiger partial charge in [0.2, 0.25) is 0 Å². The van der Waals surface area contributed by atoms with Crippen LogP contribution in [-0.2, 0) is 6.54 Å². The van der Waals surface area contributed by atoms with Crippen LogP contribution in [0.1, 0.15) is 58.8 Å². The number of aromatic nitrogens is 4. The molecule has 0 aliphatic carbocycles. The van der Waals surface area contributed by atoms with Gasteiger partial charge in [-0.1, -0.05) is 27.2 Å². The second-order valence-electron chi connectivity index (χ2n) is 4.81. The summed E-state index contributed by atoms with van der Waals surface area (Å²) in [5.41, 5.74) is 0. The molecule has 1 rings (SSSR count). The van der Waals surface area contributed by atoms with Crippen LogP contribution in [0.4, 0.5) is 0 Å². The van der Waals surface area contributed by atoms with Crippen molar-refractivity contribution in [2.24, 2.45) is 5.92 Å². The van der Waals surface area contributed by atoms with Crippen molar-refractivity contribution >= 4 is 0 Å². The molecule has 1 heterocycles. The van der Waals surface area contributed by atoms with Gasteiger partial charge in [-0.2, -0.15) is 0 Å². The lowest BCUT2D eigenvalue weighted by molar-refractivity contribution is 0.358. The number of nitrogens with one attached hydrogen (secondary N) is 1. The van der Waals surface area contributed by atoms with E-state index in [1.807, 2.05) is 4.68 Å². The minimum atomic E-state index is 0.373. The van der Waals surface area contributed by atoms with Crippen LogP contribution < -0.4 is 5.32 Å². The lowest BCUT2D eigenvalue weighted by Gasteiger charge is -2.17. The molecule has 0 saturated carbocycles. The Morgan fingerprint density at radius 1 is 1.29 bits per heavy atom. The highest BCUT2D eigenvalue weighted by Crippen LogP contribution is 2.19. The van der Waals surface area contributed by atoms with Crippen LogP contribution in [0.15, 0.2) is 0 Å². The van der Waals surface area contributed by atoms with Crippen molar-refractivity contribution in [2.75, 3.05) is 6.54 Å².